The van der Waals surface area contributed by atoms with Gasteiger partial charge in [-0.1, -0.05) is 36.4 Å². The van der Waals surface area contributed by atoms with Crippen LogP contribution in [-0.2, 0) is 16.0 Å². The molecule has 1 aromatic heterocycles. The Hall–Kier alpha value is -3.39. The first-order chi connectivity index (χ1) is 14.6. The molecule has 0 aliphatic heterocycles. The first-order valence-electron chi connectivity index (χ1n) is 9.16. The smallest absolute Gasteiger partial charge is 0.328 e. The molecule has 2 aromatic carbocycles. The van der Waals surface area contributed by atoms with Crippen LogP contribution in [0.3, 0.4) is 0 Å². The molecule has 156 valence electrons. The van der Waals surface area contributed by atoms with Gasteiger partial charge in [-0.2, -0.15) is 0 Å². The van der Waals surface area contributed by atoms with Crippen LogP contribution < -0.4 is 14.8 Å². The van der Waals surface area contributed by atoms with Crippen molar-refractivity contribution in [2.24, 2.45) is 0 Å². The van der Waals surface area contributed by atoms with Crippen molar-refractivity contribution in [3.05, 3.63) is 65.2 Å². The second-order valence-corrected chi connectivity index (χ2v) is 7.18. The van der Waals surface area contributed by atoms with Crippen molar-refractivity contribution in [3.63, 3.8) is 0 Å². The van der Waals surface area contributed by atoms with E-state index in [4.69, 9.17) is 14.2 Å². The van der Waals surface area contributed by atoms with Crippen LogP contribution in [-0.4, -0.2) is 44.2 Å². The fourth-order valence-corrected chi connectivity index (χ4v) is 3.80. The molecule has 3 rings (SSSR count). The number of nitrogens with one attached hydrogen (secondary N) is 1. The first kappa shape index (κ1) is 21.3. The van der Waals surface area contributed by atoms with Gasteiger partial charge in [0.15, 0.2) is 11.5 Å². The number of para-hydroxylation sites is 1. The third kappa shape index (κ3) is 4.77. The van der Waals surface area contributed by atoms with E-state index in [1.54, 1.807) is 25.7 Å². The number of ether oxygens (including phenoxy) is 3. The molecule has 1 N–H and O–H groups in total. The van der Waals surface area contributed by atoms with E-state index in [2.05, 4.69) is 10.3 Å². The highest BCUT2D eigenvalue weighted by Gasteiger charge is 2.24. The number of carbonyl (C=O) groups is 2. The van der Waals surface area contributed by atoms with E-state index in [-0.39, 0.29) is 5.69 Å². The number of aromatic nitrogens is 1. The molecular formula is C22H22N2O5S. The molecule has 8 heteroatoms. The third-order valence-electron chi connectivity index (χ3n) is 4.44. The molecule has 1 atom stereocenters. The number of hydrogen-bond donors (Lipinski definition) is 1. The Morgan fingerprint density at radius 3 is 2.47 bits per heavy atom. The molecule has 0 radical (unpaired) electrons. The molecule has 0 saturated heterocycles. The number of amides is 1. The first-order valence-corrected chi connectivity index (χ1v) is 10.0. The zero-order valence-electron chi connectivity index (χ0n) is 16.9. The monoisotopic (exact) mass is 426 g/mol. The Morgan fingerprint density at radius 1 is 1.03 bits per heavy atom. The van der Waals surface area contributed by atoms with E-state index in [1.165, 1.54) is 18.4 Å². The Kier molecular flexibility index (Phi) is 7.03. The molecule has 1 amide bonds. The summed E-state index contributed by atoms with van der Waals surface area (Å²) in [6, 6.07) is 14.0. The molecule has 7 nitrogen and oxygen atoms in total. The predicted molar refractivity (Wildman–Crippen MR) is 114 cm³/mol. The van der Waals surface area contributed by atoms with Crippen LogP contribution in [0, 0.1) is 0 Å². The van der Waals surface area contributed by atoms with Crippen LogP contribution >= 0.6 is 11.3 Å². The Morgan fingerprint density at radius 2 is 1.80 bits per heavy atom. The summed E-state index contributed by atoms with van der Waals surface area (Å²) >= 11 is 1.30. The Labute approximate surface area is 178 Å². The van der Waals surface area contributed by atoms with Gasteiger partial charge in [0.1, 0.15) is 16.7 Å². The largest absolute Gasteiger partial charge is 0.493 e. The highest BCUT2D eigenvalue weighted by molar-refractivity contribution is 7.13. The van der Waals surface area contributed by atoms with Gasteiger partial charge in [-0.3, -0.25) is 4.79 Å². The lowest BCUT2D eigenvalue weighted by Gasteiger charge is -2.16. The topological polar surface area (TPSA) is 86.8 Å². The van der Waals surface area contributed by atoms with E-state index in [1.807, 2.05) is 42.5 Å². The van der Waals surface area contributed by atoms with E-state index in [0.717, 1.165) is 11.1 Å². The number of carbonyl (C=O) groups excluding carboxylic acids is 2. The summed E-state index contributed by atoms with van der Waals surface area (Å²) in [6.07, 6.45) is 0.319. The minimum absolute atomic E-state index is 0.210. The minimum atomic E-state index is -0.818. The average Bonchev–Trinajstić information content (AvgIpc) is 3.28. The molecule has 0 aliphatic carbocycles. The normalized spacial score (nSPS) is 11.4. The van der Waals surface area contributed by atoms with Crippen molar-refractivity contribution < 1.29 is 23.8 Å². The lowest BCUT2D eigenvalue weighted by molar-refractivity contribution is -0.142. The lowest BCUT2D eigenvalue weighted by atomic mass is 10.1. The van der Waals surface area contributed by atoms with Crippen molar-refractivity contribution in [2.75, 3.05) is 21.3 Å². The van der Waals surface area contributed by atoms with Crippen molar-refractivity contribution >= 4 is 23.2 Å². The zero-order valence-corrected chi connectivity index (χ0v) is 17.7. The van der Waals surface area contributed by atoms with Gasteiger partial charge in [0, 0.05) is 11.8 Å². The van der Waals surface area contributed by atoms with Crippen LogP contribution in [0.4, 0.5) is 0 Å². The van der Waals surface area contributed by atoms with Gasteiger partial charge in [-0.25, -0.2) is 9.78 Å². The van der Waals surface area contributed by atoms with Gasteiger partial charge < -0.3 is 19.5 Å². The molecule has 0 saturated carbocycles. The third-order valence-corrected chi connectivity index (χ3v) is 5.32. The van der Waals surface area contributed by atoms with Gasteiger partial charge >= 0.3 is 5.97 Å². The number of rotatable bonds is 8. The molecule has 1 heterocycles. The number of benzene rings is 2. The highest BCUT2D eigenvalue weighted by Crippen LogP contribution is 2.38. The van der Waals surface area contributed by atoms with Crippen LogP contribution in [0.1, 0.15) is 16.1 Å². The molecule has 0 aliphatic rings. The van der Waals surface area contributed by atoms with Gasteiger partial charge in [-0.05, 0) is 17.7 Å². The lowest BCUT2D eigenvalue weighted by Crippen LogP contribution is -2.43. The van der Waals surface area contributed by atoms with Gasteiger partial charge in [0.05, 0.1) is 26.9 Å². The quantitative estimate of drug-likeness (QED) is 0.556. The standard InChI is InChI=1S/C22H22N2O5S/c1-27-18-11-7-10-15(19(18)28-2)21-24-17(13-30-21)20(25)23-16(22(26)29-3)12-14-8-5-4-6-9-14/h4-11,13,16H,12H2,1-3H3,(H,23,25)/t16-/m1/s1. The van der Waals surface area contributed by atoms with Crippen molar-refractivity contribution in [1.82, 2.24) is 10.3 Å². The summed E-state index contributed by atoms with van der Waals surface area (Å²) < 4.78 is 15.6. The number of thiazole rings is 1. The van der Waals surface area contributed by atoms with Gasteiger partial charge in [0.25, 0.3) is 5.91 Å². The summed E-state index contributed by atoms with van der Waals surface area (Å²) in [4.78, 5) is 29.4. The maximum absolute atomic E-state index is 12.8. The summed E-state index contributed by atoms with van der Waals surface area (Å²) in [5, 5.41) is 4.97. The van der Waals surface area contributed by atoms with Crippen LogP contribution in [0.25, 0.3) is 10.6 Å². The maximum atomic E-state index is 12.8. The van der Waals surface area contributed by atoms with Crippen molar-refractivity contribution in [2.45, 2.75) is 12.5 Å². The second kappa shape index (κ2) is 9.89. The molecule has 3 aromatic rings. The Balaban J connectivity index is 1.81. The van der Waals surface area contributed by atoms with E-state index in [9.17, 15) is 9.59 Å². The van der Waals surface area contributed by atoms with Crippen molar-refractivity contribution in [3.8, 4) is 22.1 Å². The summed E-state index contributed by atoms with van der Waals surface area (Å²) in [7, 11) is 4.40. The predicted octanol–water partition coefficient (Wildman–Crippen LogP) is 3.34. The zero-order chi connectivity index (χ0) is 21.5. The Bertz CT molecular complexity index is 1020. The van der Waals surface area contributed by atoms with Gasteiger partial charge in [-0.15, -0.1) is 11.3 Å². The fraction of sp³-hybridized carbons (Fsp3) is 0.227. The molecule has 0 spiro atoms. The van der Waals surface area contributed by atoms with Gasteiger partial charge in [0.2, 0.25) is 0 Å². The molecule has 0 unspecified atom stereocenters. The molecule has 0 bridgehead atoms. The number of esters is 1. The van der Waals surface area contributed by atoms with Crippen LogP contribution in [0.2, 0.25) is 0 Å². The number of hydrogen-bond acceptors (Lipinski definition) is 7. The minimum Gasteiger partial charge on any atom is -0.493 e. The SMILES string of the molecule is COC(=O)[C@@H](Cc1ccccc1)NC(=O)c1csc(-c2cccc(OC)c2OC)n1. The maximum Gasteiger partial charge on any atom is 0.328 e. The van der Waals surface area contributed by atoms with Crippen LogP contribution in [0.15, 0.2) is 53.9 Å². The van der Waals surface area contributed by atoms with E-state index >= 15 is 0 Å². The number of nitrogens with zero attached hydrogens (tertiary/aromatic N) is 1. The summed E-state index contributed by atoms with van der Waals surface area (Å²) in [5.74, 6) is 0.144. The highest BCUT2D eigenvalue weighted by atomic mass is 32.1. The van der Waals surface area contributed by atoms with Crippen molar-refractivity contribution in [1.29, 1.82) is 0 Å². The molecule has 0 fully saturated rings. The fourth-order valence-electron chi connectivity index (χ4n) is 2.97. The summed E-state index contributed by atoms with van der Waals surface area (Å²) in [6.45, 7) is 0. The molecular weight excluding hydrogens is 404 g/mol. The van der Waals surface area contributed by atoms with Crippen LogP contribution in [0.5, 0.6) is 11.5 Å². The second-order valence-electron chi connectivity index (χ2n) is 6.32. The van der Waals surface area contributed by atoms with E-state index in [0.29, 0.717) is 22.9 Å². The number of methoxy groups -OCH3 is 3. The average molecular weight is 426 g/mol. The van der Waals surface area contributed by atoms with E-state index < -0.39 is 17.9 Å². The summed E-state index contributed by atoms with van der Waals surface area (Å²) in [5.41, 5.74) is 1.84. The molecule has 30 heavy (non-hydrogen) atoms.